The first kappa shape index (κ1) is 22.0. The van der Waals surface area contributed by atoms with E-state index >= 15 is 0 Å². The predicted octanol–water partition coefficient (Wildman–Crippen LogP) is -0.860. The second-order valence-corrected chi connectivity index (χ2v) is 6.91. The Morgan fingerprint density at radius 3 is 2.07 bits per heavy atom. The van der Waals surface area contributed by atoms with Crippen LogP contribution in [0.2, 0.25) is 0 Å². The molecule has 28 heavy (non-hydrogen) atoms. The van der Waals surface area contributed by atoms with Gasteiger partial charge in [0, 0.05) is 58.3 Å². The molecule has 2 unspecified atom stereocenters. The van der Waals surface area contributed by atoms with Crippen molar-refractivity contribution < 1.29 is 19.1 Å². The average molecular weight is 396 g/mol. The van der Waals surface area contributed by atoms with Gasteiger partial charge in [-0.05, 0) is 12.8 Å². The van der Waals surface area contributed by atoms with Crippen LogP contribution in [0.1, 0.15) is 19.8 Å². The Labute approximate surface area is 165 Å². The molecule has 0 bridgehead atoms. The van der Waals surface area contributed by atoms with Gasteiger partial charge in [0.15, 0.2) is 0 Å². The molecule has 0 aromatic rings. The zero-order valence-corrected chi connectivity index (χ0v) is 16.5. The van der Waals surface area contributed by atoms with Crippen LogP contribution in [0.25, 0.3) is 0 Å². The van der Waals surface area contributed by atoms with E-state index in [9.17, 15) is 14.4 Å². The Morgan fingerprint density at radius 1 is 0.893 bits per heavy atom. The SMILES string of the molecule is CC(=O)NC1C=CC(NC(=O)NCCNC(=O)NCCN2CCOCC2)CC1. The minimum absolute atomic E-state index is 0.0320. The summed E-state index contributed by atoms with van der Waals surface area (Å²) in [6.07, 6.45) is 5.34. The molecular weight excluding hydrogens is 364 g/mol. The first-order valence-corrected chi connectivity index (χ1v) is 9.84. The molecule has 0 aromatic carbocycles. The molecule has 1 aliphatic carbocycles. The van der Waals surface area contributed by atoms with Gasteiger partial charge in [-0.1, -0.05) is 12.2 Å². The molecule has 158 valence electrons. The van der Waals surface area contributed by atoms with Crippen molar-refractivity contribution in [2.45, 2.75) is 31.8 Å². The molecule has 2 atom stereocenters. The lowest BCUT2D eigenvalue weighted by molar-refractivity contribution is -0.119. The number of carbonyl (C=O) groups is 3. The highest BCUT2D eigenvalue weighted by atomic mass is 16.5. The summed E-state index contributed by atoms with van der Waals surface area (Å²) in [6.45, 7) is 6.83. The van der Waals surface area contributed by atoms with Gasteiger partial charge < -0.3 is 31.3 Å². The van der Waals surface area contributed by atoms with E-state index < -0.39 is 0 Å². The second-order valence-electron chi connectivity index (χ2n) is 6.91. The van der Waals surface area contributed by atoms with Gasteiger partial charge in [-0.3, -0.25) is 9.69 Å². The van der Waals surface area contributed by atoms with Crippen molar-refractivity contribution in [3.8, 4) is 0 Å². The zero-order valence-electron chi connectivity index (χ0n) is 16.5. The zero-order chi connectivity index (χ0) is 20.2. The molecule has 0 aromatic heterocycles. The predicted molar refractivity (Wildman–Crippen MR) is 105 cm³/mol. The Bertz CT molecular complexity index is 550. The van der Waals surface area contributed by atoms with Gasteiger partial charge in [-0.2, -0.15) is 0 Å². The summed E-state index contributed by atoms with van der Waals surface area (Å²) >= 11 is 0. The number of hydrogen-bond donors (Lipinski definition) is 5. The van der Waals surface area contributed by atoms with Crippen LogP contribution in [0.15, 0.2) is 12.2 Å². The Balaban J connectivity index is 1.48. The Kier molecular flexibility index (Phi) is 9.56. The van der Waals surface area contributed by atoms with Crippen molar-refractivity contribution in [3.05, 3.63) is 12.2 Å². The van der Waals surface area contributed by atoms with E-state index in [2.05, 4.69) is 31.5 Å². The first-order valence-electron chi connectivity index (χ1n) is 9.84. The van der Waals surface area contributed by atoms with E-state index in [-0.39, 0.29) is 30.1 Å². The number of nitrogens with zero attached hydrogens (tertiary/aromatic N) is 1. The smallest absolute Gasteiger partial charge is 0.315 e. The van der Waals surface area contributed by atoms with Crippen molar-refractivity contribution in [3.63, 3.8) is 0 Å². The highest BCUT2D eigenvalue weighted by Gasteiger charge is 2.17. The van der Waals surface area contributed by atoms with Crippen molar-refractivity contribution in [1.29, 1.82) is 0 Å². The summed E-state index contributed by atoms with van der Waals surface area (Å²) in [4.78, 5) is 36.9. The molecular formula is C18H32N6O4. The first-order chi connectivity index (χ1) is 13.5. The summed E-state index contributed by atoms with van der Waals surface area (Å²) in [5.41, 5.74) is 0. The van der Waals surface area contributed by atoms with Crippen molar-refractivity contribution in [2.75, 3.05) is 52.5 Å². The highest BCUT2D eigenvalue weighted by Crippen LogP contribution is 2.11. The number of morpholine rings is 1. The minimum Gasteiger partial charge on any atom is -0.379 e. The van der Waals surface area contributed by atoms with E-state index in [1.54, 1.807) is 0 Å². The van der Waals surface area contributed by atoms with Crippen LogP contribution >= 0.6 is 0 Å². The number of nitrogens with one attached hydrogen (secondary N) is 5. The van der Waals surface area contributed by atoms with Gasteiger partial charge in [-0.15, -0.1) is 0 Å². The molecule has 0 spiro atoms. The fourth-order valence-corrected chi connectivity index (χ4v) is 3.11. The molecule has 0 radical (unpaired) electrons. The van der Waals surface area contributed by atoms with Crippen LogP contribution in [0.5, 0.6) is 0 Å². The van der Waals surface area contributed by atoms with Crippen molar-refractivity contribution in [1.82, 2.24) is 31.5 Å². The van der Waals surface area contributed by atoms with Gasteiger partial charge in [-0.25, -0.2) is 9.59 Å². The van der Waals surface area contributed by atoms with Gasteiger partial charge in [0.2, 0.25) is 5.91 Å². The van der Waals surface area contributed by atoms with Gasteiger partial charge in [0.1, 0.15) is 0 Å². The summed E-state index contributed by atoms with van der Waals surface area (Å²) in [7, 11) is 0. The van der Waals surface area contributed by atoms with Gasteiger partial charge in [0.25, 0.3) is 0 Å². The summed E-state index contributed by atoms with van der Waals surface area (Å²) in [5.74, 6) is -0.0589. The van der Waals surface area contributed by atoms with E-state index in [1.807, 2.05) is 12.2 Å². The molecule has 2 aliphatic rings. The Morgan fingerprint density at radius 2 is 1.46 bits per heavy atom. The normalized spacial score (nSPS) is 22.2. The lowest BCUT2D eigenvalue weighted by atomic mass is 9.98. The molecule has 1 heterocycles. The maximum absolute atomic E-state index is 11.9. The van der Waals surface area contributed by atoms with Gasteiger partial charge >= 0.3 is 12.1 Å². The number of rotatable bonds is 8. The van der Waals surface area contributed by atoms with Crippen LogP contribution in [-0.2, 0) is 9.53 Å². The van der Waals surface area contributed by atoms with E-state index in [0.29, 0.717) is 19.6 Å². The molecule has 2 rings (SSSR count). The van der Waals surface area contributed by atoms with E-state index in [1.165, 1.54) is 6.92 Å². The second kappa shape index (κ2) is 12.2. The third-order valence-electron chi connectivity index (χ3n) is 4.58. The fourth-order valence-electron chi connectivity index (χ4n) is 3.11. The number of hydrogen-bond acceptors (Lipinski definition) is 5. The van der Waals surface area contributed by atoms with Crippen LogP contribution in [-0.4, -0.2) is 87.4 Å². The highest BCUT2D eigenvalue weighted by molar-refractivity contribution is 5.75. The molecule has 10 heteroatoms. The monoisotopic (exact) mass is 396 g/mol. The van der Waals surface area contributed by atoms with Crippen LogP contribution < -0.4 is 26.6 Å². The molecule has 1 fully saturated rings. The molecule has 1 saturated heterocycles. The largest absolute Gasteiger partial charge is 0.379 e. The Hall–Kier alpha value is -2.33. The number of carbonyl (C=O) groups excluding carboxylic acids is 3. The number of amides is 5. The van der Waals surface area contributed by atoms with Crippen LogP contribution in [0, 0.1) is 0 Å². The quantitative estimate of drug-likeness (QED) is 0.270. The molecule has 0 saturated carbocycles. The lowest BCUT2D eigenvalue weighted by Crippen LogP contribution is -2.47. The standard InChI is InChI=1S/C18H32N6O4/c1-14(25)22-15-2-4-16(5-3-15)23-18(27)20-7-6-19-17(26)21-8-9-24-10-12-28-13-11-24/h2,4,15-16H,3,5-13H2,1H3,(H,22,25)(H2,19,21,26)(H2,20,23,27). The summed E-state index contributed by atoms with van der Waals surface area (Å²) in [5, 5.41) is 13.9. The van der Waals surface area contributed by atoms with Crippen molar-refractivity contribution >= 4 is 18.0 Å². The summed E-state index contributed by atoms with van der Waals surface area (Å²) < 4.78 is 5.28. The van der Waals surface area contributed by atoms with Crippen molar-refractivity contribution in [2.24, 2.45) is 0 Å². The van der Waals surface area contributed by atoms with Gasteiger partial charge in [0.05, 0.1) is 13.2 Å². The topological polar surface area (TPSA) is 124 Å². The molecule has 5 N–H and O–H groups in total. The molecule has 5 amide bonds. The fraction of sp³-hybridized carbons (Fsp3) is 0.722. The average Bonchev–Trinajstić information content (AvgIpc) is 2.67. The summed E-state index contributed by atoms with van der Waals surface area (Å²) in [6, 6.07) is -0.539. The maximum atomic E-state index is 11.9. The third kappa shape index (κ3) is 9.05. The van der Waals surface area contributed by atoms with E-state index in [0.717, 1.165) is 45.7 Å². The van der Waals surface area contributed by atoms with Crippen LogP contribution in [0.3, 0.4) is 0 Å². The lowest BCUT2D eigenvalue weighted by Gasteiger charge is -2.26. The number of ether oxygens (including phenoxy) is 1. The van der Waals surface area contributed by atoms with E-state index in [4.69, 9.17) is 4.74 Å². The maximum Gasteiger partial charge on any atom is 0.315 e. The van der Waals surface area contributed by atoms with Crippen LogP contribution in [0.4, 0.5) is 9.59 Å². The minimum atomic E-state index is -0.276. The molecule has 1 aliphatic heterocycles. The molecule has 10 nitrogen and oxygen atoms in total. The number of urea groups is 2. The third-order valence-corrected chi connectivity index (χ3v) is 4.58.